The van der Waals surface area contributed by atoms with Crippen LogP contribution in [0.25, 0.3) is 0 Å². The Morgan fingerprint density at radius 2 is 1.03 bits per heavy atom. The summed E-state index contributed by atoms with van der Waals surface area (Å²) in [6, 6.07) is 0. The van der Waals surface area contributed by atoms with Gasteiger partial charge in [-0.15, -0.1) is 0 Å². The second-order valence-electron chi connectivity index (χ2n) is 8.32. The maximum atomic E-state index is 10.6. The van der Waals surface area contributed by atoms with Gasteiger partial charge in [0.05, 0.1) is 19.3 Å². The molecule has 3 rings (SSSR count). The minimum absolute atomic E-state index is 0.747. The molecule has 3 aliphatic heterocycles. The van der Waals surface area contributed by atoms with Crippen molar-refractivity contribution in [3.63, 3.8) is 0 Å². The minimum Gasteiger partial charge on any atom is -0.394 e. The molecule has 1 unspecified atom stereocenters. The third-order valence-corrected chi connectivity index (χ3v) is 6.06. The van der Waals surface area contributed by atoms with E-state index in [1.165, 1.54) is 6.92 Å². The molecule has 3 heterocycles. The fraction of sp³-hybridized carbons (Fsp3) is 1.00. The van der Waals surface area contributed by atoms with Crippen molar-refractivity contribution in [3.05, 3.63) is 0 Å². The van der Waals surface area contributed by atoms with Gasteiger partial charge in [0.25, 0.3) is 0 Å². The van der Waals surface area contributed by atoms with Crippen molar-refractivity contribution >= 4 is 0 Å². The van der Waals surface area contributed by atoms with Crippen molar-refractivity contribution in [2.24, 2.45) is 0 Å². The predicted octanol–water partition coefficient (Wildman–Crippen LogP) is -6.55. The van der Waals surface area contributed by atoms with E-state index in [2.05, 4.69) is 0 Å². The summed E-state index contributed by atoms with van der Waals surface area (Å²) >= 11 is 0. The Morgan fingerprint density at radius 1 is 0.545 bits per heavy atom. The molecule has 15 heteroatoms. The van der Waals surface area contributed by atoms with Crippen LogP contribution in [-0.2, 0) is 23.7 Å². The van der Waals surface area contributed by atoms with Gasteiger partial charge in [-0.25, -0.2) is 0 Å². The molecule has 15 atom stereocenters. The zero-order valence-electron chi connectivity index (χ0n) is 17.6. The smallest absolute Gasteiger partial charge is 0.187 e. The van der Waals surface area contributed by atoms with E-state index in [4.69, 9.17) is 23.7 Å². The van der Waals surface area contributed by atoms with E-state index in [-0.39, 0.29) is 0 Å². The lowest BCUT2D eigenvalue weighted by atomic mass is 9.96. The van der Waals surface area contributed by atoms with Crippen molar-refractivity contribution in [3.8, 4) is 0 Å². The van der Waals surface area contributed by atoms with Crippen LogP contribution in [0.4, 0.5) is 0 Å². The summed E-state index contributed by atoms with van der Waals surface area (Å²) in [6.07, 6.45) is -24.1. The van der Waals surface area contributed by atoms with Crippen LogP contribution < -0.4 is 0 Å². The van der Waals surface area contributed by atoms with Gasteiger partial charge < -0.3 is 74.7 Å². The molecule has 0 radical (unpaired) electrons. The van der Waals surface area contributed by atoms with Crippen LogP contribution in [0.3, 0.4) is 0 Å². The van der Waals surface area contributed by atoms with E-state index in [9.17, 15) is 51.1 Å². The Morgan fingerprint density at radius 3 is 1.61 bits per heavy atom. The third kappa shape index (κ3) is 5.32. The summed E-state index contributed by atoms with van der Waals surface area (Å²) in [7, 11) is 0. The zero-order chi connectivity index (χ0) is 24.6. The van der Waals surface area contributed by atoms with Crippen molar-refractivity contribution < 1.29 is 74.7 Å². The molecule has 0 bridgehead atoms. The van der Waals surface area contributed by atoms with E-state index >= 15 is 0 Å². The second kappa shape index (κ2) is 11.0. The van der Waals surface area contributed by atoms with E-state index in [1.807, 2.05) is 0 Å². The van der Waals surface area contributed by atoms with Crippen LogP contribution in [0.5, 0.6) is 0 Å². The number of ether oxygens (including phenoxy) is 5. The first-order valence-corrected chi connectivity index (χ1v) is 10.4. The van der Waals surface area contributed by atoms with Gasteiger partial charge in [0.2, 0.25) is 0 Å². The number of hydrogen-bond donors (Lipinski definition) is 10. The Bertz CT molecular complexity index is 624. The molecule has 10 N–H and O–H groups in total. The highest BCUT2D eigenvalue weighted by Gasteiger charge is 2.53. The van der Waals surface area contributed by atoms with Crippen LogP contribution in [-0.4, -0.2) is 156 Å². The van der Waals surface area contributed by atoms with E-state index in [1.54, 1.807) is 0 Å². The molecule has 0 aliphatic carbocycles. The highest BCUT2D eigenvalue weighted by molar-refractivity contribution is 4.96. The Balaban J connectivity index is 1.82. The van der Waals surface area contributed by atoms with Crippen LogP contribution in [0.2, 0.25) is 0 Å². The normalized spacial score (nSPS) is 53.7. The monoisotopic (exact) mass is 488 g/mol. The minimum atomic E-state index is -1.88. The standard InChI is InChI=1S/C18H32O15/c1-4-7(21)10(24)12(26)17(29-4)33-15-14(9(23)6(3-20)30-16(15)28)32-18-13(27)11(25)8(22)5(2-19)31-18/h4-28H,2-3H2,1H3/t4-,5+,6+,7-,8-,9+,10+,11-,12+,13+,14-,15+,16?,17-,18-/m0/s1. The first kappa shape index (κ1) is 27.0. The van der Waals surface area contributed by atoms with Crippen LogP contribution in [0.1, 0.15) is 6.92 Å². The molecule has 3 aliphatic rings. The summed E-state index contributed by atoms with van der Waals surface area (Å²) < 4.78 is 26.7. The first-order valence-electron chi connectivity index (χ1n) is 10.4. The van der Waals surface area contributed by atoms with E-state index < -0.39 is 105 Å². The predicted molar refractivity (Wildman–Crippen MR) is 99.8 cm³/mol. The van der Waals surface area contributed by atoms with Gasteiger partial charge in [0.15, 0.2) is 18.9 Å². The fourth-order valence-corrected chi connectivity index (χ4v) is 3.97. The highest BCUT2D eigenvalue weighted by Crippen LogP contribution is 2.32. The van der Waals surface area contributed by atoms with Crippen LogP contribution in [0, 0.1) is 0 Å². The van der Waals surface area contributed by atoms with Crippen molar-refractivity contribution in [1.82, 2.24) is 0 Å². The molecule has 0 aromatic rings. The summed E-state index contributed by atoms with van der Waals surface area (Å²) in [4.78, 5) is 0. The zero-order valence-corrected chi connectivity index (χ0v) is 17.6. The number of rotatable bonds is 6. The molecule has 0 spiro atoms. The molecular weight excluding hydrogens is 456 g/mol. The largest absolute Gasteiger partial charge is 0.394 e. The lowest BCUT2D eigenvalue weighted by Crippen LogP contribution is -2.66. The van der Waals surface area contributed by atoms with Gasteiger partial charge in [-0.3, -0.25) is 0 Å². The molecule has 33 heavy (non-hydrogen) atoms. The quantitative estimate of drug-likeness (QED) is 0.167. The average Bonchev–Trinajstić information content (AvgIpc) is 2.79. The van der Waals surface area contributed by atoms with Crippen LogP contribution in [0.15, 0.2) is 0 Å². The first-order chi connectivity index (χ1) is 15.5. The van der Waals surface area contributed by atoms with Gasteiger partial charge in [-0.1, -0.05) is 0 Å². The van der Waals surface area contributed by atoms with E-state index in [0.717, 1.165) is 0 Å². The molecular formula is C18H32O15. The fourth-order valence-electron chi connectivity index (χ4n) is 3.97. The highest BCUT2D eigenvalue weighted by atomic mass is 16.8. The Kier molecular flexibility index (Phi) is 8.99. The molecule has 15 nitrogen and oxygen atoms in total. The lowest BCUT2D eigenvalue weighted by molar-refractivity contribution is -0.386. The Hall–Kier alpha value is -0.600. The van der Waals surface area contributed by atoms with E-state index in [0.29, 0.717) is 0 Å². The number of aliphatic hydroxyl groups excluding tert-OH is 10. The molecule has 3 fully saturated rings. The molecule has 3 saturated heterocycles. The van der Waals surface area contributed by atoms with Crippen LogP contribution >= 0.6 is 0 Å². The average molecular weight is 488 g/mol. The number of aliphatic hydroxyl groups is 10. The van der Waals surface area contributed by atoms with Gasteiger partial charge in [-0.05, 0) is 6.92 Å². The number of hydrogen-bond acceptors (Lipinski definition) is 15. The molecule has 0 amide bonds. The van der Waals surface area contributed by atoms with Crippen molar-refractivity contribution in [2.75, 3.05) is 13.2 Å². The Labute approximate surface area is 187 Å². The van der Waals surface area contributed by atoms with Crippen molar-refractivity contribution in [1.29, 1.82) is 0 Å². The molecule has 194 valence electrons. The molecule has 0 aromatic carbocycles. The third-order valence-electron chi connectivity index (χ3n) is 6.06. The van der Waals surface area contributed by atoms with Crippen molar-refractivity contribution in [2.45, 2.75) is 99.0 Å². The maximum absolute atomic E-state index is 10.6. The van der Waals surface area contributed by atoms with Gasteiger partial charge >= 0.3 is 0 Å². The molecule has 0 aromatic heterocycles. The van der Waals surface area contributed by atoms with Gasteiger partial charge in [0.1, 0.15) is 67.1 Å². The summed E-state index contributed by atoms with van der Waals surface area (Å²) in [5.41, 5.74) is 0. The van der Waals surface area contributed by atoms with Gasteiger partial charge in [-0.2, -0.15) is 0 Å². The maximum Gasteiger partial charge on any atom is 0.187 e. The topological polar surface area (TPSA) is 248 Å². The van der Waals surface area contributed by atoms with Gasteiger partial charge in [0, 0.05) is 0 Å². The molecule has 0 saturated carbocycles. The SMILES string of the molecule is C[C@@H]1O[C@@H](O[C@H]2C(O)O[C@H](CO)[C@@H](O)[C@@H]2O[C@@H]2O[C@H](CO)[C@H](O)[C@H](O)[C@H]2O)[C@H](O)[C@H](O)[C@H]1O. The summed E-state index contributed by atoms with van der Waals surface area (Å²) in [6.45, 7) is -0.115. The second-order valence-corrected chi connectivity index (χ2v) is 8.32. The summed E-state index contributed by atoms with van der Waals surface area (Å²) in [5, 5.41) is 100.0. The lowest BCUT2D eigenvalue weighted by Gasteiger charge is -2.48. The summed E-state index contributed by atoms with van der Waals surface area (Å²) in [5.74, 6) is 0.